The number of nitrogens with two attached hydrogens (primary N) is 2. The van der Waals surface area contributed by atoms with Gasteiger partial charge in [0, 0.05) is 26.2 Å². The van der Waals surface area contributed by atoms with E-state index >= 15 is 0 Å². The van der Waals surface area contributed by atoms with E-state index in [4.69, 9.17) is 11.5 Å². The highest BCUT2D eigenvalue weighted by atomic mass is 16.2. The summed E-state index contributed by atoms with van der Waals surface area (Å²) >= 11 is 0. The van der Waals surface area contributed by atoms with Crippen molar-refractivity contribution in [2.75, 3.05) is 39.3 Å². The number of rotatable bonds is 5. The third-order valence-electron chi connectivity index (χ3n) is 2.85. The smallest absolute Gasteiger partial charge is 0.314 e. The quantitative estimate of drug-likeness (QED) is 0.666. The predicted molar refractivity (Wildman–Crippen MR) is 60.5 cm³/mol. The van der Waals surface area contributed by atoms with E-state index in [-0.39, 0.29) is 6.03 Å². The molecule has 1 rings (SSSR count). The van der Waals surface area contributed by atoms with Gasteiger partial charge in [0.25, 0.3) is 0 Å². The summed E-state index contributed by atoms with van der Waals surface area (Å²) in [4.78, 5) is 15.0. The fourth-order valence-corrected chi connectivity index (χ4v) is 1.93. The molecule has 1 fully saturated rings. The van der Waals surface area contributed by atoms with Crippen LogP contribution in [0.15, 0.2) is 0 Å². The molecule has 1 heterocycles. The zero-order valence-electron chi connectivity index (χ0n) is 9.32. The van der Waals surface area contributed by atoms with E-state index in [9.17, 15) is 4.79 Å². The maximum absolute atomic E-state index is 11.0. The first-order valence-corrected chi connectivity index (χ1v) is 5.71. The molecule has 2 amide bonds. The van der Waals surface area contributed by atoms with Crippen LogP contribution in [0.2, 0.25) is 0 Å². The SMILES string of the molecule is NCCN(CCN1CCCCC1)C(N)=O. The van der Waals surface area contributed by atoms with Gasteiger partial charge in [0.15, 0.2) is 0 Å². The van der Waals surface area contributed by atoms with E-state index < -0.39 is 0 Å². The number of carbonyl (C=O) groups is 1. The lowest BCUT2D eigenvalue weighted by atomic mass is 10.1. The molecule has 88 valence electrons. The molecule has 0 bridgehead atoms. The van der Waals surface area contributed by atoms with E-state index in [1.165, 1.54) is 19.3 Å². The number of piperidine rings is 1. The molecule has 0 aromatic heterocycles. The van der Waals surface area contributed by atoms with E-state index in [1.54, 1.807) is 4.90 Å². The van der Waals surface area contributed by atoms with Gasteiger partial charge in [-0.1, -0.05) is 6.42 Å². The predicted octanol–water partition coefficient (Wildman–Crippen LogP) is -0.188. The first-order valence-electron chi connectivity index (χ1n) is 5.71. The van der Waals surface area contributed by atoms with Crippen LogP contribution in [0, 0.1) is 0 Å². The van der Waals surface area contributed by atoms with Crippen LogP contribution >= 0.6 is 0 Å². The van der Waals surface area contributed by atoms with Crippen LogP contribution in [0.5, 0.6) is 0 Å². The number of urea groups is 1. The standard InChI is InChI=1S/C10H22N4O/c11-4-7-14(10(12)15)9-8-13-5-2-1-3-6-13/h1-9,11H2,(H2,12,15). The Balaban J connectivity index is 2.22. The summed E-state index contributed by atoms with van der Waals surface area (Å²) in [6.45, 7) is 4.95. The second kappa shape index (κ2) is 6.63. The Hall–Kier alpha value is -0.810. The second-order valence-electron chi connectivity index (χ2n) is 4.02. The number of carbonyl (C=O) groups excluding carboxylic acids is 1. The Morgan fingerprint density at radius 1 is 1.20 bits per heavy atom. The van der Waals surface area contributed by atoms with E-state index in [0.717, 1.165) is 19.6 Å². The fourth-order valence-electron chi connectivity index (χ4n) is 1.93. The molecule has 0 unspecified atom stereocenters. The molecular weight excluding hydrogens is 192 g/mol. The summed E-state index contributed by atoms with van der Waals surface area (Å²) in [7, 11) is 0. The van der Waals surface area contributed by atoms with Crippen molar-refractivity contribution in [3.05, 3.63) is 0 Å². The molecule has 0 aromatic rings. The molecule has 0 aliphatic carbocycles. The van der Waals surface area contributed by atoms with Crippen LogP contribution in [0.4, 0.5) is 4.79 Å². The lowest BCUT2D eigenvalue weighted by molar-refractivity contribution is 0.180. The van der Waals surface area contributed by atoms with Gasteiger partial charge in [-0.25, -0.2) is 4.79 Å². The summed E-state index contributed by atoms with van der Waals surface area (Å²) in [5, 5.41) is 0. The van der Waals surface area contributed by atoms with Crippen molar-refractivity contribution >= 4 is 6.03 Å². The Morgan fingerprint density at radius 2 is 1.87 bits per heavy atom. The van der Waals surface area contributed by atoms with Crippen LogP contribution in [-0.4, -0.2) is 55.1 Å². The molecule has 15 heavy (non-hydrogen) atoms. The Bertz CT molecular complexity index is 192. The van der Waals surface area contributed by atoms with Crippen LogP contribution < -0.4 is 11.5 Å². The number of amides is 2. The number of hydrogen-bond acceptors (Lipinski definition) is 3. The summed E-state index contributed by atoms with van der Waals surface area (Å²) in [5.41, 5.74) is 10.7. The molecule has 1 aliphatic heterocycles. The van der Waals surface area contributed by atoms with Gasteiger partial charge in [-0.05, 0) is 25.9 Å². The molecule has 4 N–H and O–H groups in total. The maximum Gasteiger partial charge on any atom is 0.314 e. The normalized spacial score (nSPS) is 17.7. The minimum atomic E-state index is -0.363. The first-order chi connectivity index (χ1) is 7.24. The summed E-state index contributed by atoms with van der Waals surface area (Å²) in [5.74, 6) is 0. The minimum absolute atomic E-state index is 0.363. The molecule has 0 aromatic carbocycles. The third kappa shape index (κ3) is 4.48. The lowest BCUT2D eigenvalue weighted by Crippen LogP contribution is -2.44. The highest BCUT2D eigenvalue weighted by molar-refractivity contribution is 5.71. The van der Waals surface area contributed by atoms with E-state index in [0.29, 0.717) is 19.6 Å². The molecule has 0 spiro atoms. The molecular formula is C10H22N4O. The minimum Gasteiger partial charge on any atom is -0.351 e. The molecule has 0 saturated carbocycles. The van der Waals surface area contributed by atoms with Gasteiger partial charge < -0.3 is 21.3 Å². The van der Waals surface area contributed by atoms with Crippen molar-refractivity contribution in [2.45, 2.75) is 19.3 Å². The van der Waals surface area contributed by atoms with Gasteiger partial charge >= 0.3 is 6.03 Å². The molecule has 0 atom stereocenters. The second-order valence-corrected chi connectivity index (χ2v) is 4.02. The van der Waals surface area contributed by atoms with Crippen LogP contribution in [-0.2, 0) is 0 Å². The number of nitrogens with zero attached hydrogens (tertiary/aromatic N) is 2. The van der Waals surface area contributed by atoms with Crippen LogP contribution in [0.25, 0.3) is 0 Å². The molecule has 0 radical (unpaired) electrons. The van der Waals surface area contributed by atoms with Crippen molar-refractivity contribution in [2.24, 2.45) is 11.5 Å². The van der Waals surface area contributed by atoms with Crippen molar-refractivity contribution in [1.82, 2.24) is 9.80 Å². The Labute approximate surface area is 91.4 Å². The highest BCUT2D eigenvalue weighted by Gasteiger charge is 2.13. The third-order valence-corrected chi connectivity index (χ3v) is 2.85. The summed E-state index contributed by atoms with van der Waals surface area (Å²) in [6, 6.07) is -0.363. The molecule has 1 aliphatic rings. The lowest BCUT2D eigenvalue weighted by Gasteiger charge is -2.29. The molecule has 5 nitrogen and oxygen atoms in total. The summed E-state index contributed by atoms with van der Waals surface area (Å²) < 4.78 is 0. The van der Waals surface area contributed by atoms with Crippen LogP contribution in [0.1, 0.15) is 19.3 Å². The van der Waals surface area contributed by atoms with Crippen LogP contribution in [0.3, 0.4) is 0 Å². The fraction of sp³-hybridized carbons (Fsp3) is 0.900. The number of likely N-dealkylation sites (tertiary alicyclic amines) is 1. The number of hydrogen-bond donors (Lipinski definition) is 2. The molecule has 5 heteroatoms. The van der Waals surface area contributed by atoms with Gasteiger partial charge in [0.1, 0.15) is 0 Å². The average molecular weight is 214 g/mol. The first kappa shape index (κ1) is 12.3. The van der Waals surface area contributed by atoms with E-state index in [1.807, 2.05) is 0 Å². The Kier molecular flexibility index (Phi) is 5.42. The Morgan fingerprint density at radius 3 is 2.40 bits per heavy atom. The van der Waals surface area contributed by atoms with Gasteiger partial charge in [0.05, 0.1) is 0 Å². The molecule has 1 saturated heterocycles. The van der Waals surface area contributed by atoms with Gasteiger partial charge in [-0.2, -0.15) is 0 Å². The van der Waals surface area contributed by atoms with Crippen molar-refractivity contribution in [1.29, 1.82) is 0 Å². The largest absolute Gasteiger partial charge is 0.351 e. The summed E-state index contributed by atoms with van der Waals surface area (Å²) in [6.07, 6.45) is 3.87. The maximum atomic E-state index is 11.0. The average Bonchev–Trinajstić information content (AvgIpc) is 2.25. The zero-order chi connectivity index (χ0) is 11.1. The monoisotopic (exact) mass is 214 g/mol. The van der Waals surface area contributed by atoms with Crippen molar-refractivity contribution in [3.8, 4) is 0 Å². The van der Waals surface area contributed by atoms with Crippen molar-refractivity contribution in [3.63, 3.8) is 0 Å². The van der Waals surface area contributed by atoms with Gasteiger partial charge in [-0.15, -0.1) is 0 Å². The topological polar surface area (TPSA) is 75.6 Å². The van der Waals surface area contributed by atoms with E-state index in [2.05, 4.69) is 4.90 Å². The number of primary amides is 1. The van der Waals surface area contributed by atoms with Crippen molar-refractivity contribution < 1.29 is 4.79 Å². The highest BCUT2D eigenvalue weighted by Crippen LogP contribution is 2.07. The van der Waals surface area contributed by atoms with Gasteiger partial charge in [-0.3, -0.25) is 0 Å². The van der Waals surface area contributed by atoms with Gasteiger partial charge in [0.2, 0.25) is 0 Å². The zero-order valence-corrected chi connectivity index (χ0v) is 9.32.